The molecule has 0 saturated carbocycles. The molecule has 0 spiro atoms. The fourth-order valence-electron chi connectivity index (χ4n) is 3.92. The number of fused-ring (bicyclic) bond motifs is 1. The number of hydrogen-bond donors (Lipinski definition) is 2. The molecule has 1 aromatic heterocycles. The number of nitrogens with two attached hydrogens (primary N) is 1. The number of carbonyl (C=O) groups excluding carboxylic acids is 1. The van der Waals surface area contributed by atoms with Gasteiger partial charge in [-0.3, -0.25) is 4.79 Å². The largest absolute Gasteiger partial charge is 0.364 e. The molecule has 1 aromatic carbocycles. The third kappa shape index (κ3) is 4.46. The molecule has 3 atom stereocenters. The molecule has 2 aromatic rings. The Balaban J connectivity index is 0.00000131. The quantitative estimate of drug-likeness (QED) is 0.807. The lowest BCUT2D eigenvalue weighted by Crippen LogP contribution is -2.31. The number of nitrogens with zero attached hydrogens (tertiary/aromatic N) is 2. The Morgan fingerprint density at radius 2 is 2.04 bits per heavy atom. The van der Waals surface area contributed by atoms with E-state index in [9.17, 15) is 4.79 Å². The maximum atomic E-state index is 12.5. The standard InChI is InChI=1S/C19H24N4O2.2ClH/c20-12-14-8-9-17(25-14)19(24)22-18-10-11-21-23(18)16-7-3-5-13-4-1-2-6-15(13)16;;/h1-2,4,6,10-11,14,16-17H,3,5,7-9,12,20H2,(H,22,24);2*1H/t14-,16?,17+;;/m1../s1. The topological polar surface area (TPSA) is 82.2 Å². The molecule has 1 saturated heterocycles. The molecule has 2 aliphatic rings. The molecular weight excluding hydrogens is 387 g/mol. The van der Waals surface area contributed by atoms with Crippen molar-refractivity contribution < 1.29 is 9.53 Å². The number of aryl methyl sites for hydroxylation is 1. The summed E-state index contributed by atoms with van der Waals surface area (Å²) in [4.78, 5) is 12.5. The minimum absolute atomic E-state index is 0. The van der Waals surface area contributed by atoms with Crippen LogP contribution in [0.4, 0.5) is 5.82 Å². The van der Waals surface area contributed by atoms with E-state index < -0.39 is 6.10 Å². The van der Waals surface area contributed by atoms with Crippen LogP contribution in [-0.2, 0) is 16.0 Å². The summed E-state index contributed by atoms with van der Waals surface area (Å²) in [6, 6.07) is 10.5. The molecule has 1 aliphatic carbocycles. The van der Waals surface area contributed by atoms with Gasteiger partial charge >= 0.3 is 0 Å². The van der Waals surface area contributed by atoms with Crippen molar-refractivity contribution in [3.8, 4) is 0 Å². The highest BCUT2D eigenvalue weighted by Gasteiger charge is 2.31. The van der Waals surface area contributed by atoms with Gasteiger partial charge in [0.25, 0.3) is 5.91 Å². The van der Waals surface area contributed by atoms with Gasteiger partial charge in [-0.15, -0.1) is 24.8 Å². The molecule has 27 heavy (non-hydrogen) atoms. The van der Waals surface area contributed by atoms with Crippen molar-refractivity contribution in [2.75, 3.05) is 11.9 Å². The van der Waals surface area contributed by atoms with E-state index in [0.717, 1.165) is 31.5 Å². The van der Waals surface area contributed by atoms with Gasteiger partial charge in [-0.05, 0) is 43.2 Å². The summed E-state index contributed by atoms with van der Waals surface area (Å²) in [6.45, 7) is 0.459. The highest BCUT2D eigenvalue weighted by Crippen LogP contribution is 2.34. The van der Waals surface area contributed by atoms with Crippen LogP contribution in [0.5, 0.6) is 0 Å². The maximum Gasteiger partial charge on any atom is 0.254 e. The molecule has 8 heteroatoms. The van der Waals surface area contributed by atoms with Crippen LogP contribution in [-0.4, -0.2) is 34.4 Å². The number of halogens is 2. The number of rotatable bonds is 4. The lowest BCUT2D eigenvalue weighted by Gasteiger charge is -2.27. The van der Waals surface area contributed by atoms with Gasteiger partial charge in [0, 0.05) is 12.6 Å². The summed E-state index contributed by atoms with van der Waals surface area (Å²) in [5, 5.41) is 7.49. The zero-order valence-electron chi connectivity index (χ0n) is 15.0. The van der Waals surface area contributed by atoms with Crippen molar-refractivity contribution in [1.29, 1.82) is 0 Å². The normalized spacial score (nSPS) is 23.7. The van der Waals surface area contributed by atoms with Crippen LogP contribution in [0.3, 0.4) is 0 Å². The number of anilines is 1. The SMILES string of the molecule is Cl.Cl.NC[C@H]1CC[C@@H](C(=O)Nc2ccnn2C2CCCc3ccccc32)O1. The van der Waals surface area contributed by atoms with Gasteiger partial charge in [0.15, 0.2) is 0 Å². The smallest absolute Gasteiger partial charge is 0.254 e. The minimum Gasteiger partial charge on any atom is -0.364 e. The Bertz CT molecular complexity index is 768. The van der Waals surface area contributed by atoms with Crippen LogP contribution in [0.25, 0.3) is 0 Å². The van der Waals surface area contributed by atoms with E-state index in [2.05, 4.69) is 34.7 Å². The molecule has 1 unspecified atom stereocenters. The van der Waals surface area contributed by atoms with Crippen LogP contribution in [0, 0.1) is 0 Å². The van der Waals surface area contributed by atoms with Crippen molar-refractivity contribution in [2.24, 2.45) is 5.73 Å². The highest BCUT2D eigenvalue weighted by molar-refractivity contribution is 5.93. The summed E-state index contributed by atoms with van der Waals surface area (Å²) >= 11 is 0. The van der Waals surface area contributed by atoms with Gasteiger partial charge in [-0.1, -0.05) is 24.3 Å². The number of benzene rings is 1. The molecule has 0 bridgehead atoms. The first-order valence-electron chi connectivity index (χ1n) is 9.04. The van der Waals surface area contributed by atoms with E-state index in [1.54, 1.807) is 6.20 Å². The lowest BCUT2D eigenvalue weighted by molar-refractivity contribution is -0.126. The molecule has 4 rings (SSSR count). The minimum atomic E-state index is -0.421. The van der Waals surface area contributed by atoms with Gasteiger partial charge < -0.3 is 15.8 Å². The monoisotopic (exact) mass is 412 g/mol. The van der Waals surface area contributed by atoms with E-state index in [1.165, 1.54) is 11.1 Å². The Morgan fingerprint density at radius 3 is 2.81 bits per heavy atom. The zero-order chi connectivity index (χ0) is 17.2. The van der Waals surface area contributed by atoms with E-state index >= 15 is 0 Å². The Morgan fingerprint density at radius 1 is 1.22 bits per heavy atom. The third-order valence-corrected chi connectivity index (χ3v) is 5.22. The fourth-order valence-corrected chi connectivity index (χ4v) is 3.92. The predicted molar refractivity (Wildman–Crippen MR) is 110 cm³/mol. The third-order valence-electron chi connectivity index (χ3n) is 5.22. The van der Waals surface area contributed by atoms with E-state index in [0.29, 0.717) is 13.0 Å². The van der Waals surface area contributed by atoms with Crippen LogP contribution in [0.1, 0.15) is 42.9 Å². The molecule has 1 fully saturated rings. The van der Waals surface area contributed by atoms with Gasteiger partial charge in [0.1, 0.15) is 11.9 Å². The van der Waals surface area contributed by atoms with Gasteiger partial charge in [0.2, 0.25) is 0 Å². The number of hydrogen-bond acceptors (Lipinski definition) is 4. The van der Waals surface area contributed by atoms with Crippen molar-refractivity contribution in [2.45, 2.75) is 50.4 Å². The highest BCUT2D eigenvalue weighted by atomic mass is 35.5. The number of carbonyl (C=O) groups is 1. The molecule has 2 heterocycles. The Kier molecular flexibility index (Phi) is 7.68. The molecule has 1 amide bonds. The fraction of sp³-hybridized carbons (Fsp3) is 0.474. The van der Waals surface area contributed by atoms with Gasteiger partial charge in [0.05, 0.1) is 18.3 Å². The molecule has 6 nitrogen and oxygen atoms in total. The predicted octanol–water partition coefficient (Wildman–Crippen LogP) is 3.10. The second-order valence-corrected chi connectivity index (χ2v) is 6.82. The average Bonchev–Trinajstić information content (AvgIpc) is 3.30. The molecule has 148 valence electrons. The molecule has 0 radical (unpaired) electrons. The van der Waals surface area contributed by atoms with Crippen LogP contribution in [0.2, 0.25) is 0 Å². The molecular formula is C19H26Cl2N4O2. The first-order chi connectivity index (χ1) is 12.3. The summed E-state index contributed by atoms with van der Waals surface area (Å²) in [6.07, 6.45) is 6.12. The first-order valence-corrected chi connectivity index (χ1v) is 9.04. The summed E-state index contributed by atoms with van der Waals surface area (Å²) in [7, 11) is 0. The first kappa shape index (κ1) is 21.7. The van der Waals surface area contributed by atoms with Gasteiger partial charge in [-0.2, -0.15) is 5.10 Å². The summed E-state index contributed by atoms with van der Waals surface area (Å²) < 4.78 is 7.63. The Hall–Kier alpha value is -1.60. The number of ether oxygens (including phenoxy) is 1. The van der Waals surface area contributed by atoms with Crippen molar-refractivity contribution >= 4 is 36.5 Å². The summed E-state index contributed by atoms with van der Waals surface area (Å²) in [5.74, 6) is 0.619. The maximum absolute atomic E-state index is 12.5. The van der Waals surface area contributed by atoms with E-state index in [1.807, 2.05) is 10.7 Å². The van der Waals surface area contributed by atoms with Crippen molar-refractivity contribution in [3.63, 3.8) is 0 Å². The van der Waals surface area contributed by atoms with E-state index in [-0.39, 0.29) is 42.9 Å². The lowest BCUT2D eigenvalue weighted by atomic mass is 9.88. The number of aromatic nitrogens is 2. The zero-order valence-corrected chi connectivity index (χ0v) is 16.7. The average molecular weight is 413 g/mol. The van der Waals surface area contributed by atoms with Gasteiger partial charge in [-0.25, -0.2) is 4.68 Å². The van der Waals surface area contributed by atoms with Crippen molar-refractivity contribution in [3.05, 3.63) is 47.7 Å². The number of amides is 1. The molecule has 3 N–H and O–H groups in total. The molecule has 1 aliphatic heterocycles. The second-order valence-electron chi connectivity index (χ2n) is 6.82. The summed E-state index contributed by atoms with van der Waals surface area (Å²) in [5.41, 5.74) is 8.30. The van der Waals surface area contributed by atoms with Crippen LogP contribution in [0.15, 0.2) is 36.5 Å². The Labute approximate surface area is 171 Å². The number of nitrogens with one attached hydrogen (secondary N) is 1. The van der Waals surface area contributed by atoms with E-state index in [4.69, 9.17) is 10.5 Å². The van der Waals surface area contributed by atoms with Crippen LogP contribution < -0.4 is 11.1 Å². The van der Waals surface area contributed by atoms with Crippen LogP contribution >= 0.6 is 24.8 Å². The second kappa shape index (κ2) is 9.55. The van der Waals surface area contributed by atoms with Crippen molar-refractivity contribution in [1.82, 2.24) is 9.78 Å².